The van der Waals surface area contributed by atoms with E-state index in [1.165, 1.54) is 0 Å². The number of ether oxygens (including phenoxy) is 1. The minimum atomic E-state index is -0.376. The molecule has 0 N–H and O–H groups in total. The zero-order valence-electron chi connectivity index (χ0n) is 11.1. The van der Waals surface area contributed by atoms with Gasteiger partial charge in [-0.05, 0) is 18.3 Å². The fraction of sp³-hybridized carbons (Fsp3) is 0.786. The van der Waals surface area contributed by atoms with Gasteiger partial charge in [0.05, 0.1) is 18.6 Å². The molecule has 0 bridgehead atoms. The van der Waals surface area contributed by atoms with Crippen molar-refractivity contribution in [2.24, 2.45) is 23.2 Å². The summed E-state index contributed by atoms with van der Waals surface area (Å²) < 4.78 is 6.02. The Morgan fingerprint density at radius 1 is 1.53 bits per heavy atom. The van der Waals surface area contributed by atoms with Crippen LogP contribution >= 0.6 is 0 Å². The lowest BCUT2D eigenvalue weighted by molar-refractivity contribution is -0.145. The van der Waals surface area contributed by atoms with Gasteiger partial charge in [0.2, 0.25) is 5.91 Å². The lowest BCUT2D eigenvalue weighted by Crippen LogP contribution is -2.51. The number of fused-ring (bicyclic) bond motifs is 3. The Bertz CT molecular complexity index is 398. The monoisotopic (exact) mass is 235 g/mol. The quantitative estimate of drug-likeness (QED) is 0.651. The molecule has 0 unspecified atom stereocenters. The van der Waals surface area contributed by atoms with Crippen LogP contribution in [0.3, 0.4) is 0 Å². The van der Waals surface area contributed by atoms with Crippen LogP contribution in [-0.2, 0) is 9.53 Å². The summed E-state index contributed by atoms with van der Waals surface area (Å²) in [4.78, 5) is 14.5. The van der Waals surface area contributed by atoms with Gasteiger partial charge in [0.15, 0.2) is 0 Å². The largest absolute Gasteiger partial charge is 0.353 e. The normalized spacial score (nSPS) is 48.0. The molecule has 5 atom stereocenters. The zero-order chi connectivity index (χ0) is 12.6. The highest BCUT2D eigenvalue weighted by molar-refractivity contribution is 5.88. The van der Waals surface area contributed by atoms with Gasteiger partial charge >= 0.3 is 0 Å². The third-order valence-electron chi connectivity index (χ3n) is 4.81. The maximum Gasteiger partial charge on any atom is 0.229 e. The van der Waals surface area contributed by atoms with Crippen molar-refractivity contribution in [1.82, 2.24) is 4.90 Å². The second-order valence-electron chi connectivity index (χ2n) is 6.82. The molecule has 0 aromatic rings. The molecule has 3 fully saturated rings. The standard InChI is InChI=1S/C14H21NO2/c1-6-8-10-11(8)14(5)15(12(10)16)9(7-17-14)13(2,3)4/h6,8-11H,1,7H2,2-5H3/t8-,9+,10-,11+,14+/m0/s1. The van der Waals surface area contributed by atoms with E-state index in [-0.39, 0.29) is 29.0 Å². The summed E-state index contributed by atoms with van der Waals surface area (Å²) >= 11 is 0. The molecule has 1 amide bonds. The number of piperidine rings is 1. The number of rotatable bonds is 1. The number of hydrogen-bond acceptors (Lipinski definition) is 2. The van der Waals surface area contributed by atoms with Crippen molar-refractivity contribution in [3.63, 3.8) is 0 Å². The fourth-order valence-electron chi connectivity index (χ4n) is 3.76. The van der Waals surface area contributed by atoms with Crippen LogP contribution in [0.2, 0.25) is 0 Å². The number of nitrogens with zero attached hydrogens (tertiary/aromatic N) is 1. The van der Waals surface area contributed by atoms with Crippen molar-refractivity contribution >= 4 is 5.91 Å². The molecule has 3 aliphatic rings. The summed E-state index contributed by atoms with van der Waals surface area (Å²) in [5.74, 6) is 1.09. The number of amides is 1. The Labute approximate surface area is 103 Å². The molecule has 0 radical (unpaired) electrons. The molecule has 1 saturated carbocycles. The van der Waals surface area contributed by atoms with Crippen LogP contribution in [0.15, 0.2) is 12.7 Å². The SMILES string of the molecule is C=C[C@H]1[C@@H]2C(=O)N3[C@@H](C(C)(C)C)CO[C@]3(C)[C@H]12. The average molecular weight is 235 g/mol. The van der Waals surface area contributed by atoms with Gasteiger partial charge in [-0.3, -0.25) is 4.79 Å². The van der Waals surface area contributed by atoms with E-state index in [1.54, 1.807) is 0 Å². The van der Waals surface area contributed by atoms with E-state index < -0.39 is 0 Å². The van der Waals surface area contributed by atoms with E-state index in [1.807, 2.05) is 11.0 Å². The Morgan fingerprint density at radius 3 is 2.71 bits per heavy atom. The third-order valence-corrected chi connectivity index (χ3v) is 4.81. The second-order valence-corrected chi connectivity index (χ2v) is 6.82. The molecular weight excluding hydrogens is 214 g/mol. The predicted molar refractivity (Wildman–Crippen MR) is 65.1 cm³/mol. The van der Waals surface area contributed by atoms with E-state index >= 15 is 0 Å². The van der Waals surface area contributed by atoms with Crippen LogP contribution in [0.4, 0.5) is 0 Å². The minimum absolute atomic E-state index is 0.0773. The molecule has 0 aromatic carbocycles. The molecule has 3 rings (SSSR count). The second kappa shape index (κ2) is 2.94. The highest BCUT2D eigenvalue weighted by Gasteiger charge is 2.75. The molecule has 1 aliphatic carbocycles. The first kappa shape index (κ1) is 11.3. The van der Waals surface area contributed by atoms with Crippen LogP contribution in [0.5, 0.6) is 0 Å². The summed E-state index contributed by atoms with van der Waals surface area (Å²) in [7, 11) is 0. The highest BCUT2D eigenvalue weighted by Crippen LogP contribution is 2.64. The molecule has 2 aliphatic heterocycles. The van der Waals surface area contributed by atoms with Gasteiger partial charge in [-0.25, -0.2) is 0 Å². The highest BCUT2D eigenvalue weighted by atomic mass is 16.5. The molecule has 3 nitrogen and oxygen atoms in total. The van der Waals surface area contributed by atoms with Crippen molar-refractivity contribution < 1.29 is 9.53 Å². The smallest absolute Gasteiger partial charge is 0.229 e. The molecule has 0 spiro atoms. The van der Waals surface area contributed by atoms with Crippen molar-refractivity contribution in [2.75, 3.05) is 6.61 Å². The predicted octanol–water partition coefficient (Wildman–Crippen LogP) is 2.04. The van der Waals surface area contributed by atoms with Crippen molar-refractivity contribution in [3.05, 3.63) is 12.7 Å². The average Bonchev–Trinajstić information content (AvgIpc) is 2.78. The van der Waals surface area contributed by atoms with Gasteiger partial charge in [-0.15, -0.1) is 6.58 Å². The van der Waals surface area contributed by atoms with Gasteiger partial charge in [0.25, 0.3) is 0 Å². The summed E-state index contributed by atoms with van der Waals surface area (Å²) in [6.45, 7) is 13.1. The van der Waals surface area contributed by atoms with Gasteiger partial charge in [-0.1, -0.05) is 26.8 Å². The minimum Gasteiger partial charge on any atom is -0.353 e. The lowest BCUT2D eigenvalue weighted by Gasteiger charge is -2.38. The van der Waals surface area contributed by atoms with Gasteiger partial charge in [0.1, 0.15) is 5.72 Å². The summed E-state index contributed by atoms with van der Waals surface area (Å²) in [5, 5.41) is 0. The van der Waals surface area contributed by atoms with Crippen LogP contribution in [0.25, 0.3) is 0 Å². The number of hydrogen-bond donors (Lipinski definition) is 0. The molecule has 17 heavy (non-hydrogen) atoms. The van der Waals surface area contributed by atoms with Gasteiger partial charge in [-0.2, -0.15) is 0 Å². The molecule has 0 aromatic heterocycles. The van der Waals surface area contributed by atoms with Crippen molar-refractivity contribution in [2.45, 2.75) is 39.5 Å². The summed E-state index contributed by atoms with van der Waals surface area (Å²) in [5.41, 5.74) is -0.299. The van der Waals surface area contributed by atoms with Crippen LogP contribution in [-0.4, -0.2) is 29.2 Å². The third kappa shape index (κ3) is 1.18. The molecule has 94 valence electrons. The van der Waals surface area contributed by atoms with E-state index in [4.69, 9.17) is 4.74 Å². The molecule has 2 heterocycles. The van der Waals surface area contributed by atoms with Gasteiger partial charge in [0, 0.05) is 5.92 Å². The Hall–Kier alpha value is -0.830. The van der Waals surface area contributed by atoms with E-state index in [0.29, 0.717) is 18.4 Å². The van der Waals surface area contributed by atoms with Crippen LogP contribution < -0.4 is 0 Å². The summed E-state index contributed by atoms with van der Waals surface area (Å²) in [6.07, 6.45) is 1.92. The van der Waals surface area contributed by atoms with Crippen molar-refractivity contribution in [3.8, 4) is 0 Å². The first-order valence-corrected chi connectivity index (χ1v) is 6.42. The van der Waals surface area contributed by atoms with E-state index in [9.17, 15) is 4.79 Å². The Kier molecular flexibility index (Phi) is 1.95. The first-order chi connectivity index (χ1) is 7.82. The fourth-order valence-corrected chi connectivity index (χ4v) is 3.76. The van der Waals surface area contributed by atoms with Crippen molar-refractivity contribution in [1.29, 1.82) is 0 Å². The number of carbonyl (C=O) groups excluding carboxylic acids is 1. The number of carbonyl (C=O) groups is 1. The maximum atomic E-state index is 12.5. The Balaban J connectivity index is 1.95. The summed E-state index contributed by atoms with van der Waals surface area (Å²) in [6, 6.07) is 0.207. The lowest BCUT2D eigenvalue weighted by atomic mass is 9.86. The van der Waals surface area contributed by atoms with Crippen LogP contribution in [0.1, 0.15) is 27.7 Å². The molecule has 3 heteroatoms. The zero-order valence-corrected chi connectivity index (χ0v) is 11.1. The topological polar surface area (TPSA) is 29.5 Å². The van der Waals surface area contributed by atoms with E-state index in [2.05, 4.69) is 34.3 Å². The van der Waals surface area contributed by atoms with Gasteiger partial charge < -0.3 is 9.64 Å². The maximum absolute atomic E-state index is 12.5. The Morgan fingerprint density at radius 2 is 2.18 bits per heavy atom. The molecular formula is C14H21NO2. The molecule has 2 saturated heterocycles. The first-order valence-electron chi connectivity index (χ1n) is 6.42. The number of allylic oxidation sites excluding steroid dienone is 1. The van der Waals surface area contributed by atoms with E-state index in [0.717, 1.165) is 0 Å². The van der Waals surface area contributed by atoms with Crippen LogP contribution in [0, 0.1) is 23.2 Å².